The van der Waals surface area contributed by atoms with Crippen LogP contribution in [0.4, 0.5) is 14.9 Å². The molecule has 2 N–H and O–H groups in total. The molecule has 1 aliphatic heterocycles. The minimum absolute atomic E-state index is 0.0813. The van der Waals surface area contributed by atoms with Crippen LogP contribution in [0.2, 0.25) is 0 Å². The molecule has 3 rings (SSSR count). The van der Waals surface area contributed by atoms with Gasteiger partial charge in [-0.05, 0) is 48.7 Å². The van der Waals surface area contributed by atoms with Gasteiger partial charge in [0.15, 0.2) is 12.1 Å². The van der Waals surface area contributed by atoms with Crippen molar-refractivity contribution in [2.24, 2.45) is 0 Å². The van der Waals surface area contributed by atoms with Crippen molar-refractivity contribution in [1.82, 2.24) is 10.2 Å². The van der Waals surface area contributed by atoms with Gasteiger partial charge in [-0.3, -0.25) is 14.5 Å². The van der Waals surface area contributed by atoms with E-state index in [1.807, 2.05) is 13.8 Å². The Hall–Kier alpha value is -3.42. The predicted octanol–water partition coefficient (Wildman–Crippen LogP) is 3.76. The van der Waals surface area contributed by atoms with Gasteiger partial charge in [-0.25, -0.2) is 9.18 Å². The molecule has 0 aliphatic carbocycles. The number of rotatable bonds is 7. The van der Waals surface area contributed by atoms with Crippen LogP contribution in [0.3, 0.4) is 0 Å². The zero-order chi connectivity index (χ0) is 22.5. The Morgan fingerprint density at radius 2 is 1.90 bits per heavy atom. The summed E-state index contributed by atoms with van der Waals surface area (Å²) in [5.41, 5.74) is 1.80. The lowest BCUT2D eigenvalue weighted by molar-refractivity contribution is -0.127. The highest BCUT2D eigenvalue weighted by molar-refractivity contribution is 5.90. The van der Waals surface area contributed by atoms with Gasteiger partial charge in [0.05, 0.1) is 6.54 Å². The van der Waals surface area contributed by atoms with Gasteiger partial charge in [0.1, 0.15) is 5.82 Å². The number of hydrogen-bond acceptors (Lipinski definition) is 4. The van der Waals surface area contributed by atoms with Crippen molar-refractivity contribution in [3.63, 3.8) is 0 Å². The number of carbonyl (C=O) groups excluding carboxylic acids is 3. The van der Waals surface area contributed by atoms with Gasteiger partial charge in [0.25, 0.3) is 0 Å². The van der Waals surface area contributed by atoms with Crippen LogP contribution in [-0.4, -0.2) is 34.9 Å². The Kier molecular flexibility index (Phi) is 6.89. The molecule has 0 aromatic heterocycles. The lowest BCUT2D eigenvalue weighted by atomic mass is 9.99. The summed E-state index contributed by atoms with van der Waals surface area (Å²) in [5.74, 6) is -0.951. The molecule has 3 amide bonds. The van der Waals surface area contributed by atoms with Crippen molar-refractivity contribution in [3.05, 3.63) is 65.5 Å². The number of cyclic esters (lactones) is 1. The first-order valence-electron chi connectivity index (χ1n) is 10.2. The molecule has 1 saturated heterocycles. The first kappa shape index (κ1) is 22.3. The fraction of sp³-hybridized carbons (Fsp3) is 0.348. The third kappa shape index (κ3) is 5.39. The number of hydrogen-bond donors (Lipinski definition) is 2. The molecular weight excluding hydrogens is 401 g/mol. The molecule has 1 fully saturated rings. The zero-order valence-corrected chi connectivity index (χ0v) is 17.7. The Morgan fingerprint density at radius 1 is 1.19 bits per heavy atom. The van der Waals surface area contributed by atoms with Gasteiger partial charge in [-0.2, -0.15) is 0 Å². The number of anilines is 1. The van der Waals surface area contributed by atoms with Crippen LogP contribution in [0, 0.1) is 5.82 Å². The highest BCUT2D eigenvalue weighted by atomic mass is 19.1. The molecule has 2 aromatic carbocycles. The summed E-state index contributed by atoms with van der Waals surface area (Å²) < 4.78 is 18.9. The molecule has 0 bridgehead atoms. The summed E-state index contributed by atoms with van der Waals surface area (Å²) in [6.07, 6.45) is -0.761. The second kappa shape index (κ2) is 9.59. The van der Waals surface area contributed by atoms with E-state index in [0.717, 1.165) is 6.42 Å². The lowest BCUT2D eigenvalue weighted by Gasteiger charge is -2.25. The van der Waals surface area contributed by atoms with Crippen LogP contribution in [0.5, 0.6) is 0 Å². The lowest BCUT2D eigenvalue weighted by Crippen LogP contribution is -2.48. The molecule has 1 aliphatic rings. The number of benzene rings is 2. The fourth-order valence-corrected chi connectivity index (χ4v) is 3.42. The Labute approximate surface area is 180 Å². The number of nitrogens with one attached hydrogen (secondary N) is 2. The normalized spacial score (nSPS) is 19.0. The molecule has 7 nitrogen and oxygen atoms in total. The van der Waals surface area contributed by atoms with Crippen LogP contribution >= 0.6 is 0 Å². The molecule has 3 unspecified atom stereocenters. The van der Waals surface area contributed by atoms with Crippen molar-refractivity contribution in [3.8, 4) is 0 Å². The van der Waals surface area contributed by atoms with Crippen molar-refractivity contribution in [1.29, 1.82) is 0 Å². The molecule has 0 radical (unpaired) electrons. The number of ether oxygens (including phenoxy) is 1. The Bertz CT molecular complexity index is 964. The van der Waals surface area contributed by atoms with Crippen molar-refractivity contribution < 1.29 is 23.5 Å². The maximum absolute atomic E-state index is 13.3. The van der Waals surface area contributed by atoms with Crippen molar-refractivity contribution in [2.45, 2.75) is 51.9 Å². The molecule has 1 heterocycles. The van der Waals surface area contributed by atoms with Gasteiger partial charge >= 0.3 is 6.09 Å². The largest absolute Gasteiger partial charge is 0.438 e. The van der Waals surface area contributed by atoms with Crippen LogP contribution < -0.4 is 10.6 Å². The third-order valence-electron chi connectivity index (χ3n) is 5.16. The van der Waals surface area contributed by atoms with E-state index >= 15 is 0 Å². The number of halogens is 1. The predicted molar refractivity (Wildman–Crippen MR) is 114 cm³/mol. The second-order valence-electron chi connectivity index (χ2n) is 7.63. The maximum Gasteiger partial charge on any atom is 0.411 e. The molecular formula is C23H26FN3O4. The summed E-state index contributed by atoms with van der Waals surface area (Å²) in [5, 5.41) is 5.61. The summed E-state index contributed by atoms with van der Waals surface area (Å²) in [4.78, 5) is 38.6. The first-order valence-corrected chi connectivity index (χ1v) is 10.2. The quantitative estimate of drug-likeness (QED) is 0.704. The molecule has 31 heavy (non-hydrogen) atoms. The minimum atomic E-state index is -0.917. The minimum Gasteiger partial charge on any atom is -0.438 e. The zero-order valence-electron chi connectivity index (χ0n) is 17.7. The highest BCUT2D eigenvalue weighted by Gasteiger charge is 2.47. The molecule has 3 atom stereocenters. The number of carbonyl (C=O) groups is 3. The molecule has 2 aromatic rings. The molecule has 8 heteroatoms. The average Bonchev–Trinajstić information content (AvgIpc) is 3.05. The van der Waals surface area contributed by atoms with Gasteiger partial charge < -0.3 is 15.4 Å². The standard InChI is InChI=1S/C23H26FN3O4/c1-4-14(2)25-22(29)20-21(17-6-5-7-19(12-17)26-15(3)28)31-23(30)27(20)13-16-8-10-18(24)11-9-16/h5-12,14,20-21H,4,13H2,1-3H3,(H,25,29)(H,26,28). The molecule has 164 valence electrons. The van der Waals surface area contributed by atoms with E-state index < -0.39 is 18.2 Å². The SMILES string of the molecule is CCC(C)NC(=O)C1C(c2cccc(NC(C)=O)c2)OC(=O)N1Cc1ccc(F)cc1. The second-order valence-corrected chi connectivity index (χ2v) is 7.63. The van der Waals surface area contributed by atoms with Crippen LogP contribution in [0.25, 0.3) is 0 Å². The van der Waals surface area contributed by atoms with Crippen LogP contribution in [0.15, 0.2) is 48.5 Å². The highest BCUT2D eigenvalue weighted by Crippen LogP contribution is 2.35. The van der Waals surface area contributed by atoms with E-state index in [9.17, 15) is 18.8 Å². The number of amides is 3. The Morgan fingerprint density at radius 3 is 2.55 bits per heavy atom. The van der Waals surface area contributed by atoms with Gasteiger partial charge in [-0.15, -0.1) is 0 Å². The van der Waals surface area contributed by atoms with Gasteiger partial charge in [-0.1, -0.05) is 31.2 Å². The fourth-order valence-electron chi connectivity index (χ4n) is 3.42. The Balaban J connectivity index is 1.93. The van der Waals surface area contributed by atoms with E-state index in [-0.39, 0.29) is 30.2 Å². The summed E-state index contributed by atoms with van der Waals surface area (Å²) in [7, 11) is 0. The van der Waals surface area contributed by atoms with E-state index in [1.54, 1.807) is 36.4 Å². The van der Waals surface area contributed by atoms with Gasteiger partial charge in [0, 0.05) is 18.7 Å². The summed E-state index contributed by atoms with van der Waals surface area (Å²) in [6.45, 7) is 5.33. The monoisotopic (exact) mass is 427 g/mol. The van der Waals surface area contributed by atoms with Crippen LogP contribution in [-0.2, 0) is 20.9 Å². The average molecular weight is 427 g/mol. The first-order chi connectivity index (χ1) is 14.8. The molecule has 0 spiro atoms. The summed E-state index contributed by atoms with van der Waals surface area (Å²) in [6, 6.07) is 11.6. The molecule has 0 saturated carbocycles. The van der Waals surface area contributed by atoms with Crippen LogP contribution in [0.1, 0.15) is 44.4 Å². The summed E-state index contributed by atoms with van der Waals surface area (Å²) >= 11 is 0. The van der Waals surface area contributed by atoms with E-state index in [2.05, 4.69) is 10.6 Å². The maximum atomic E-state index is 13.3. The third-order valence-corrected chi connectivity index (χ3v) is 5.16. The smallest absolute Gasteiger partial charge is 0.411 e. The number of nitrogens with zero attached hydrogens (tertiary/aromatic N) is 1. The van der Waals surface area contributed by atoms with Crippen molar-refractivity contribution in [2.75, 3.05) is 5.32 Å². The van der Waals surface area contributed by atoms with Crippen molar-refractivity contribution >= 4 is 23.6 Å². The topological polar surface area (TPSA) is 87.7 Å². The van der Waals surface area contributed by atoms with Gasteiger partial charge in [0.2, 0.25) is 11.8 Å². The van der Waals surface area contributed by atoms with E-state index in [4.69, 9.17) is 4.74 Å². The van der Waals surface area contributed by atoms with E-state index in [0.29, 0.717) is 16.8 Å². The van der Waals surface area contributed by atoms with E-state index in [1.165, 1.54) is 24.0 Å².